The summed E-state index contributed by atoms with van der Waals surface area (Å²) >= 11 is 0. The highest BCUT2D eigenvalue weighted by Crippen LogP contribution is 2.26. The van der Waals surface area contributed by atoms with Gasteiger partial charge in [-0.2, -0.15) is 5.10 Å². The van der Waals surface area contributed by atoms with Crippen LogP contribution < -0.4 is 5.43 Å². The third kappa shape index (κ3) is 4.45. The average Bonchev–Trinajstić information content (AvgIpc) is 3.46. The number of hydrazone groups is 1. The first-order valence-corrected chi connectivity index (χ1v) is 9.52. The molecule has 0 saturated heterocycles. The fourth-order valence-corrected chi connectivity index (χ4v) is 3.17. The lowest BCUT2D eigenvalue weighted by atomic mass is 10.0. The average molecular weight is 413 g/mol. The van der Waals surface area contributed by atoms with Crippen LogP contribution in [0.2, 0.25) is 0 Å². The van der Waals surface area contributed by atoms with Crippen LogP contribution in [-0.4, -0.2) is 27.8 Å². The second-order valence-electron chi connectivity index (χ2n) is 6.88. The van der Waals surface area contributed by atoms with Gasteiger partial charge >= 0.3 is 5.97 Å². The largest absolute Gasteiger partial charge is 0.478 e. The Labute approximate surface area is 178 Å². The Hall–Kier alpha value is -4.39. The highest BCUT2D eigenvalue weighted by molar-refractivity contribution is 5.95. The molecule has 154 valence electrons. The number of amides is 1. The summed E-state index contributed by atoms with van der Waals surface area (Å²) < 4.78 is 7.67. The van der Waals surface area contributed by atoms with E-state index in [4.69, 9.17) is 9.52 Å². The summed E-state index contributed by atoms with van der Waals surface area (Å²) in [6, 6.07) is 19.4. The van der Waals surface area contributed by atoms with Crippen molar-refractivity contribution in [1.29, 1.82) is 0 Å². The highest BCUT2D eigenvalue weighted by Gasteiger charge is 2.10. The van der Waals surface area contributed by atoms with E-state index in [0.29, 0.717) is 17.1 Å². The molecule has 0 spiro atoms. The van der Waals surface area contributed by atoms with Crippen LogP contribution in [0.25, 0.3) is 17.0 Å². The maximum absolute atomic E-state index is 12.4. The van der Waals surface area contributed by atoms with E-state index >= 15 is 0 Å². The Bertz CT molecular complexity index is 1270. The monoisotopic (exact) mass is 413 g/mol. The highest BCUT2D eigenvalue weighted by atomic mass is 16.4. The Morgan fingerprint density at radius 3 is 2.55 bits per heavy atom. The number of nitrogens with one attached hydrogen (secondary N) is 1. The molecule has 7 heteroatoms. The molecule has 0 aliphatic carbocycles. The molecule has 0 aliphatic heterocycles. The summed E-state index contributed by atoms with van der Waals surface area (Å²) in [6.45, 7) is 1.82. The van der Waals surface area contributed by atoms with Crippen LogP contribution in [0.1, 0.15) is 32.0 Å². The number of rotatable bonds is 6. The van der Waals surface area contributed by atoms with Crippen molar-refractivity contribution in [3.63, 3.8) is 0 Å². The van der Waals surface area contributed by atoms with E-state index in [-0.39, 0.29) is 11.5 Å². The van der Waals surface area contributed by atoms with E-state index < -0.39 is 5.97 Å². The molecule has 31 heavy (non-hydrogen) atoms. The lowest BCUT2D eigenvalue weighted by Crippen LogP contribution is -2.17. The number of carbonyl (C=O) groups excluding carboxylic acids is 1. The predicted octanol–water partition coefficient (Wildman–Crippen LogP) is 4.51. The molecule has 7 nitrogen and oxygen atoms in total. The van der Waals surface area contributed by atoms with Gasteiger partial charge in [0.2, 0.25) is 0 Å². The zero-order valence-electron chi connectivity index (χ0n) is 16.6. The molecule has 4 aromatic rings. The van der Waals surface area contributed by atoms with E-state index in [1.165, 1.54) is 12.3 Å². The number of carbonyl (C=O) groups is 2. The number of benzene rings is 2. The van der Waals surface area contributed by atoms with Crippen LogP contribution in [0.15, 0.2) is 88.6 Å². The summed E-state index contributed by atoms with van der Waals surface area (Å²) in [6.07, 6.45) is 5.22. The van der Waals surface area contributed by atoms with Gasteiger partial charge in [-0.3, -0.25) is 4.79 Å². The van der Waals surface area contributed by atoms with Crippen molar-refractivity contribution in [3.8, 4) is 17.0 Å². The van der Waals surface area contributed by atoms with Crippen molar-refractivity contribution in [1.82, 2.24) is 9.99 Å². The summed E-state index contributed by atoms with van der Waals surface area (Å²) in [4.78, 5) is 23.5. The fourth-order valence-electron chi connectivity index (χ4n) is 3.17. The van der Waals surface area contributed by atoms with Gasteiger partial charge < -0.3 is 14.1 Å². The van der Waals surface area contributed by atoms with Gasteiger partial charge in [-0.25, -0.2) is 10.2 Å². The number of carboxylic acid groups (broad SMARTS) is 1. The van der Waals surface area contributed by atoms with Gasteiger partial charge in [0.05, 0.1) is 11.8 Å². The molecule has 0 aliphatic rings. The summed E-state index contributed by atoms with van der Waals surface area (Å²) in [5.41, 5.74) is 5.65. The molecule has 0 fully saturated rings. The van der Waals surface area contributed by atoms with Crippen LogP contribution in [0.3, 0.4) is 0 Å². The van der Waals surface area contributed by atoms with Crippen molar-refractivity contribution >= 4 is 18.1 Å². The molecular weight excluding hydrogens is 394 g/mol. The fraction of sp³-hybridized carbons (Fsp3) is 0.0417. The topological polar surface area (TPSA) is 96.8 Å². The molecule has 2 heterocycles. The standard InChI is InChI=1S/C24H19N3O4/c1-16-13-18(24(29)30)7-9-21(16)22-10-8-20(31-22)15-25-26-23(28)17-5-4-6-19(14-17)27-11-2-3-12-27/h2-15H,1H3,(H,26,28)(H,29,30)/b25-15+. The minimum Gasteiger partial charge on any atom is -0.478 e. The van der Waals surface area contributed by atoms with E-state index in [0.717, 1.165) is 16.8 Å². The van der Waals surface area contributed by atoms with Crippen molar-refractivity contribution in [3.05, 3.63) is 102 Å². The van der Waals surface area contributed by atoms with Crippen LogP contribution in [0.5, 0.6) is 0 Å². The summed E-state index contributed by atoms with van der Waals surface area (Å²) in [7, 11) is 0. The minimum absolute atomic E-state index is 0.221. The zero-order valence-corrected chi connectivity index (χ0v) is 16.6. The first-order valence-electron chi connectivity index (χ1n) is 9.52. The van der Waals surface area contributed by atoms with Gasteiger partial charge in [-0.05, 0) is 67.1 Å². The van der Waals surface area contributed by atoms with Crippen LogP contribution in [0, 0.1) is 6.92 Å². The van der Waals surface area contributed by atoms with Gasteiger partial charge in [0.25, 0.3) is 5.91 Å². The zero-order chi connectivity index (χ0) is 21.8. The number of nitrogens with zero attached hydrogens (tertiary/aromatic N) is 2. The quantitative estimate of drug-likeness (QED) is 0.359. The number of carboxylic acids is 1. The van der Waals surface area contributed by atoms with Crippen molar-refractivity contribution in [2.24, 2.45) is 5.10 Å². The Kier molecular flexibility index (Phi) is 5.49. The van der Waals surface area contributed by atoms with Gasteiger partial charge in [0, 0.05) is 29.2 Å². The van der Waals surface area contributed by atoms with Crippen LogP contribution in [-0.2, 0) is 0 Å². The number of aryl methyl sites for hydroxylation is 1. The summed E-state index contributed by atoms with van der Waals surface area (Å²) in [5.74, 6) is -0.270. The SMILES string of the molecule is Cc1cc(C(=O)O)ccc1-c1ccc(/C=N/NC(=O)c2cccc(-n3cccc3)c2)o1. The Morgan fingerprint density at radius 2 is 1.81 bits per heavy atom. The molecule has 0 bridgehead atoms. The third-order valence-electron chi connectivity index (χ3n) is 4.73. The lowest BCUT2D eigenvalue weighted by Gasteiger charge is -2.05. The number of hydrogen-bond donors (Lipinski definition) is 2. The molecule has 0 saturated carbocycles. The molecule has 2 aromatic carbocycles. The van der Waals surface area contributed by atoms with Crippen molar-refractivity contribution in [2.45, 2.75) is 6.92 Å². The molecule has 0 radical (unpaired) electrons. The second kappa shape index (κ2) is 8.54. The van der Waals surface area contributed by atoms with E-state index in [1.807, 2.05) is 48.1 Å². The molecule has 0 unspecified atom stereocenters. The third-order valence-corrected chi connectivity index (χ3v) is 4.73. The maximum Gasteiger partial charge on any atom is 0.335 e. The van der Waals surface area contributed by atoms with E-state index in [1.54, 1.807) is 36.4 Å². The number of aromatic nitrogens is 1. The number of hydrogen-bond acceptors (Lipinski definition) is 4. The maximum atomic E-state index is 12.4. The number of furan rings is 1. The summed E-state index contributed by atoms with van der Waals surface area (Å²) in [5, 5.41) is 13.1. The smallest absolute Gasteiger partial charge is 0.335 e. The molecular formula is C24H19N3O4. The predicted molar refractivity (Wildman–Crippen MR) is 117 cm³/mol. The van der Waals surface area contributed by atoms with Gasteiger partial charge in [-0.15, -0.1) is 0 Å². The Balaban J connectivity index is 1.44. The number of aromatic carboxylic acids is 1. The molecule has 1 amide bonds. The van der Waals surface area contributed by atoms with Gasteiger partial charge in [0.15, 0.2) is 0 Å². The first kappa shape index (κ1) is 19.9. The normalized spacial score (nSPS) is 11.0. The van der Waals surface area contributed by atoms with E-state index in [9.17, 15) is 9.59 Å². The van der Waals surface area contributed by atoms with Crippen molar-refractivity contribution < 1.29 is 19.1 Å². The first-order chi connectivity index (χ1) is 15.0. The lowest BCUT2D eigenvalue weighted by molar-refractivity contribution is 0.0696. The second-order valence-corrected chi connectivity index (χ2v) is 6.88. The van der Waals surface area contributed by atoms with Crippen LogP contribution >= 0.6 is 0 Å². The Morgan fingerprint density at radius 1 is 1.00 bits per heavy atom. The molecule has 2 N–H and O–H groups in total. The molecule has 4 rings (SSSR count). The van der Waals surface area contributed by atoms with Crippen LogP contribution in [0.4, 0.5) is 0 Å². The van der Waals surface area contributed by atoms with E-state index in [2.05, 4.69) is 10.5 Å². The van der Waals surface area contributed by atoms with Gasteiger partial charge in [-0.1, -0.05) is 12.1 Å². The van der Waals surface area contributed by atoms with Gasteiger partial charge in [0.1, 0.15) is 11.5 Å². The van der Waals surface area contributed by atoms with Crippen molar-refractivity contribution in [2.75, 3.05) is 0 Å². The minimum atomic E-state index is -0.975. The molecule has 0 atom stereocenters. The molecule has 2 aromatic heterocycles.